The van der Waals surface area contributed by atoms with Crippen LogP contribution in [0.1, 0.15) is 39.7 Å². The van der Waals surface area contributed by atoms with Gasteiger partial charge in [0.25, 0.3) is 0 Å². The summed E-state index contributed by atoms with van der Waals surface area (Å²) in [6, 6.07) is 7.63. The number of ether oxygens (including phenoxy) is 2. The van der Waals surface area contributed by atoms with Crippen LogP contribution in [0.5, 0.6) is 0 Å². The normalized spacial score (nSPS) is 13.3. The molecule has 0 spiro atoms. The van der Waals surface area contributed by atoms with Crippen molar-refractivity contribution in [2.24, 2.45) is 0 Å². The van der Waals surface area contributed by atoms with Gasteiger partial charge in [-0.1, -0.05) is 25.1 Å². The van der Waals surface area contributed by atoms with Crippen LogP contribution in [0.4, 0.5) is 4.79 Å². The van der Waals surface area contributed by atoms with Crippen molar-refractivity contribution in [1.82, 2.24) is 4.57 Å². The average Bonchev–Trinajstić information content (AvgIpc) is 2.85. The molecular formula is C18H25NO4. The minimum Gasteiger partial charge on any atom is -0.443 e. The number of fused-ring (bicyclic) bond motifs is 1. The molecule has 0 aliphatic rings. The number of benzene rings is 1. The first-order chi connectivity index (χ1) is 10.8. The van der Waals surface area contributed by atoms with Gasteiger partial charge in [-0.2, -0.15) is 0 Å². The molecule has 1 aromatic heterocycles. The van der Waals surface area contributed by atoms with Crippen LogP contribution in [0.3, 0.4) is 0 Å². The molecule has 0 fully saturated rings. The van der Waals surface area contributed by atoms with Crippen LogP contribution in [0, 0.1) is 0 Å². The number of hydrogen-bond acceptors (Lipinski definition) is 4. The number of aromatic nitrogens is 1. The second-order valence-corrected chi connectivity index (χ2v) is 6.60. The van der Waals surface area contributed by atoms with E-state index in [4.69, 9.17) is 9.47 Å². The summed E-state index contributed by atoms with van der Waals surface area (Å²) < 4.78 is 12.5. The third kappa shape index (κ3) is 4.56. The molecule has 0 saturated carbocycles. The Morgan fingerprint density at radius 3 is 2.65 bits per heavy atom. The van der Waals surface area contributed by atoms with E-state index in [2.05, 4.69) is 0 Å². The Morgan fingerprint density at radius 2 is 2.00 bits per heavy atom. The van der Waals surface area contributed by atoms with Gasteiger partial charge in [0.2, 0.25) is 0 Å². The van der Waals surface area contributed by atoms with Crippen molar-refractivity contribution < 1.29 is 19.4 Å². The van der Waals surface area contributed by atoms with Gasteiger partial charge >= 0.3 is 6.09 Å². The van der Waals surface area contributed by atoms with E-state index in [9.17, 15) is 9.90 Å². The zero-order valence-corrected chi connectivity index (χ0v) is 14.2. The van der Waals surface area contributed by atoms with Gasteiger partial charge in [-0.15, -0.1) is 0 Å². The largest absolute Gasteiger partial charge is 0.443 e. The molecule has 0 unspecified atom stereocenters. The molecule has 0 radical (unpaired) electrons. The smallest absolute Gasteiger partial charge is 0.419 e. The Labute approximate surface area is 136 Å². The first-order valence-electron chi connectivity index (χ1n) is 7.90. The summed E-state index contributed by atoms with van der Waals surface area (Å²) in [5.41, 5.74) is 1.14. The van der Waals surface area contributed by atoms with Gasteiger partial charge in [0, 0.05) is 17.1 Å². The number of aliphatic hydroxyl groups is 1. The SMILES string of the molecule is CC[C@@H](O)COCc1cn(C(=O)OC(C)(C)C)c2ccccc12. The lowest BCUT2D eigenvalue weighted by Crippen LogP contribution is -2.26. The lowest BCUT2D eigenvalue weighted by Gasteiger charge is -2.19. The minimum absolute atomic E-state index is 0.280. The van der Waals surface area contributed by atoms with Gasteiger partial charge in [0.05, 0.1) is 24.8 Å². The van der Waals surface area contributed by atoms with Crippen LogP contribution in [-0.4, -0.2) is 34.1 Å². The van der Waals surface area contributed by atoms with E-state index in [0.29, 0.717) is 13.0 Å². The fraction of sp³-hybridized carbons (Fsp3) is 0.500. The van der Waals surface area contributed by atoms with Crippen LogP contribution < -0.4 is 0 Å². The van der Waals surface area contributed by atoms with Gasteiger partial charge in [0.15, 0.2) is 0 Å². The fourth-order valence-corrected chi connectivity index (χ4v) is 2.25. The number of aliphatic hydroxyl groups excluding tert-OH is 1. The highest BCUT2D eigenvalue weighted by Crippen LogP contribution is 2.23. The summed E-state index contributed by atoms with van der Waals surface area (Å²) >= 11 is 0. The molecule has 0 aliphatic carbocycles. The highest BCUT2D eigenvalue weighted by Gasteiger charge is 2.20. The predicted octanol–water partition coefficient (Wildman–Crippen LogP) is 3.71. The molecule has 0 bridgehead atoms. The van der Waals surface area contributed by atoms with E-state index < -0.39 is 17.8 Å². The van der Waals surface area contributed by atoms with Gasteiger partial charge in [0.1, 0.15) is 5.60 Å². The number of rotatable bonds is 5. The Hall–Kier alpha value is -1.85. The predicted molar refractivity (Wildman–Crippen MR) is 89.5 cm³/mol. The number of nitrogens with zero attached hydrogens (tertiary/aromatic N) is 1. The minimum atomic E-state index is -0.551. The molecule has 1 heterocycles. The first-order valence-corrected chi connectivity index (χ1v) is 7.90. The molecule has 2 rings (SSSR count). The lowest BCUT2D eigenvalue weighted by molar-refractivity contribution is 0.0271. The van der Waals surface area contributed by atoms with Crippen LogP contribution in [0.25, 0.3) is 10.9 Å². The van der Waals surface area contributed by atoms with Crippen molar-refractivity contribution in [3.63, 3.8) is 0 Å². The first kappa shape index (κ1) is 17.5. The van der Waals surface area contributed by atoms with Crippen molar-refractivity contribution in [1.29, 1.82) is 0 Å². The monoisotopic (exact) mass is 319 g/mol. The summed E-state index contributed by atoms with van der Waals surface area (Å²) in [5, 5.41) is 10.5. The average molecular weight is 319 g/mol. The van der Waals surface area contributed by atoms with Gasteiger partial charge in [-0.05, 0) is 33.3 Å². The van der Waals surface area contributed by atoms with Crippen molar-refractivity contribution in [2.45, 2.75) is 52.4 Å². The summed E-state index contributed by atoms with van der Waals surface area (Å²) in [6.07, 6.45) is 1.53. The molecule has 1 aromatic carbocycles. The van der Waals surface area contributed by atoms with Gasteiger partial charge < -0.3 is 14.6 Å². The summed E-state index contributed by atoms with van der Waals surface area (Å²) in [4.78, 5) is 12.4. The van der Waals surface area contributed by atoms with E-state index in [-0.39, 0.29) is 6.61 Å². The van der Waals surface area contributed by atoms with E-state index in [0.717, 1.165) is 16.5 Å². The fourth-order valence-electron chi connectivity index (χ4n) is 2.25. The van der Waals surface area contributed by atoms with E-state index in [1.165, 1.54) is 4.57 Å². The van der Waals surface area contributed by atoms with Gasteiger partial charge in [-0.3, -0.25) is 4.57 Å². The van der Waals surface area contributed by atoms with Gasteiger partial charge in [-0.25, -0.2) is 4.79 Å². The van der Waals surface area contributed by atoms with Crippen molar-refractivity contribution in [3.05, 3.63) is 36.0 Å². The van der Waals surface area contributed by atoms with E-state index in [1.807, 2.05) is 52.0 Å². The molecular weight excluding hydrogens is 294 g/mol. The maximum absolute atomic E-state index is 12.4. The zero-order valence-electron chi connectivity index (χ0n) is 14.2. The maximum Gasteiger partial charge on any atom is 0.419 e. The lowest BCUT2D eigenvalue weighted by atomic mass is 10.2. The Morgan fingerprint density at radius 1 is 1.30 bits per heavy atom. The molecule has 0 amide bonds. The molecule has 23 heavy (non-hydrogen) atoms. The quantitative estimate of drug-likeness (QED) is 0.912. The van der Waals surface area contributed by atoms with E-state index >= 15 is 0 Å². The van der Waals surface area contributed by atoms with Crippen molar-refractivity contribution >= 4 is 17.0 Å². The summed E-state index contributed by atoms with van der Waals surface area (Å²) in [6.45, 7) is 8.05. The van der Waals surface area contributed by atoms with Crippen LogP contribution in [0.15, 0.2) is 30.5 Å². The Kier molecular flexibility index (Phi) is 5.44. The highest BCUT2D eigenvalue weighted by atomic mass is 16.6. The Balaban J connectivity index is 2.24. The number of carbonyl (C=O) groups is 1. The number of para-hydroxylation sites is 1. The van der Waals surface area contributed by atoms with Crippen molar-refractivity contribution in [2.75, 3.05) is 6.61 Å². The highest BCUT2D eigenvalue weighted by molar-refractivity contribution is 5.91. The Bertz CT molecular complexity index is 669. The number of carbonyl (C=O) groups excluding carboxylic acids is 1. The van der Waals surface area contributed by atoms with Crippen molar-refractivity contribution in [3.8, 4) is 0 Å². The molecule has 5 heteroatoms. The summed E-state index contributed by atoms with van der Waals surface area (Å²) in [5.74, 6) is 0. The standard InChI is InChI=1S/C18H25NO4/c1-5-14(20)12-22-11-13-10-19(17(21)23-18(2,3)4)16-9-7-6-8-15(13)16/h6-10,14,20H,5,11-12H2,1-4H3/t14-/m1/s1. The van der Waals surface area contributed by atoms with Crippen LogP contribution in [-0.2, 0) is 16.1 Å². The van der Waals surface area contributed by atoms with E-state index in [1.54, 1.807) is 6.20 Å². The van der Waals surface area contributed by atoms with Crippen LogP contribution in [0.2, 0.25) is 0 Å². The third-order valence-corrected chi connectivity index (χ3v) is 3.42. The maximum atomic E-state index is 12.4. The summed E-state index contributed by atoms with van der Waals surface area (Å²) in [7, 11) is 0. The molecule has 0 aliphatic heterocycles. The molecule has 1 N–H and O–H groups in total. The number of hydrogen-bond donors (Lipinski definition) is 1. The molecule has 126 valence electrons. The zero-order chi connectivity index (χ0) is 17.0. The van der Waals surface area contributed by atoms with Crippen LogP contribution >= 0.6 is 0 Å². The second-order valence-electron chi connectivity index (χ2n) is 6.60. The second kappa shape index (κ2) is 7.15. The molecule has 0 saturated heterocycles. The molecule has 5 nitrogen and oxygen atoms in total. The topological polar surface area (TPSA) is 60.7 Å². The molecule has 1 atom stereocenters. The molecule has 2 aromatic rings. The third-order valence-electron chi connectivity index (χ3n) is 3.42.